The molecule has 1 aromatic rings. The highest BCUT2D eigenvalue weighted by atomic mass is 32.1. The Morgan fingerprint density at radius 2 is 2.38 bits per heavy atom. The lowest BCUT2D eigenvalue weighted by Crippen LogP contribution is -2.23. The molecule has 4 nitrogen and oxygen atoms in total. The number of rotatable bonds is 2. The molecule has 0 radical (unpaired) electrons. The molecule has 68 valence electrons. The molecule has 0 saturated carbocycles. The third-order valence-corrected chi connectivity index (χ3v) is 1.35. The van der Waals surface area contributed by atoms with Crippen LogP contribution >= 0.6 is 12.2 Å². The van der Waals surface area contributed by atoms with E-state index in [-0.39, 0.29) is 10.9 Å². The maximum absolute atomic E-state index is 9.09. The SMILES string of the molecule is NC(=S)NN=Cc1cccc(O)c1. The molecule has 5 heteroatoms. The molecule has 0 bridgehead atoms. The van der Waals surface area contributed by atoms with Crippen molar-refractivity contribution in [2.45, 2.75) is 0 Å². The number of phenols is 1. The molecule has 0 saturated heterocycles. The average Bonchev–Trinajstić information content (AvgIpc) is 2.03. The third kappa shape index (κ3) is 3.53. The van der Waals surface area contributed by atoms with Crippen LogP contribution < -0.4 is 11.2 Å². The normalized spacial score (nSPS) is 10.2. The predicted octanol–water partition coefficient (Wildman–Crippen LogP) is 0.559. The van der Waals surface area contributed by atoms with Crippen molar-refractivity contribution in [3.63, 3.8) is 0 Å². The minimum atomic E-state index is 0.108. The summed E-state index contributed by atoms with van der Waals surface area (Å²) in [6.45, 7) is 0. The van der Waals surface area contributed by atoms with E-state index in [1.807, 2.05) is 0 Å². The van der Waals surface area contributed by atoms with E-state index < -0.39 is 0 Å². The highest BCUT2D eigenvalue weighted by Crippen LogP contribution is 2.08. The Morgan fingerprint density at radius 3 is 3.00 bits per heavy atom. The number of hydrazone groups is 1. The predicted molar refractivity (Wildman–Crippen MR) is 55.6 cm³/mol. The molecule has 13 heavy (non-hydrogen) atoms. The van der Waals surface area contributed by atoms with Gasteiger partial charge in [0.05, 0.1) is 6.21 Å². The molecule has 1 rings (SSSR count). The van der Waals surface area contributed by atoms with E-state index in [1.54, 1.807) is 24.3 Å². The van der Waals surface area contributed by atoms with E-state index in [0.29, 0.717) is 0 Å². The van der Waals surface area contributed by atoms with Crippen LogP contribution in [0.5, 0.6) is 5.75 Å². The van der Waals surface area contributed by atoms with Gasteiger partial charge in [-0.15, -0.1) is 0 Å². The van der Waals surface area contributed by atoms with Crippen LogP contribution in [0.1, 0.15) is 5.56 Å². The van der Waals surface area contributed by atoms with Gasteiger partial charge in [-0.2, -0.15) is 5.10 Å². The lowest BCUT2D eigenvalue weighted by atomic mass is 10.2. The standard InChI is InChI=1S/C8H9N3OS/c9-8(13)11-10-5-6-2-1-3-7(12)4-6/h1-5,12H,(H3,9,11,13). The van der Waals surface area contributed by atoms with Gasteiger partial charge in [-0.3, -0.25) is 5.43 Å². The lowest BCUT2D eigenvalue weighted by molar-refractivity contribution is 0.475. The maximum Gasteiger partial charge on any atom is 0.184 e. The number of nitrogens with zero attached hydrogens (tertiary/aromatic N) is 1. The number of thiocarbonyl (C=S) groups is 1. The van der Waals surface area contributed by atoms with Crippen molar-refractivity contribution in [1.29, 1.82) is 0 Å². The molecular weight excluding hydrogens is 186 g/mol. The Bertz CT molecular complexity index is 338. The summed E-state index contributed by atoms with van der Waals surface area (Å²) < 4.78 is 0. The first kappa shape index (κ1) is 9.47. The number of aromatic hydroxyl groups is 1. The van der Waals surface area contributed by atoms with E-state index >= 15 is 0 Å². The fourth-order valence-corrected chi connectivity index (χ4v) is 0.828. The Morgan fingerprint density at radius 1 is 1.62 bits per heavy atom. The molecule has 0 aromatic heterocycles. The van der Waals surface area contributed by atoms with Gasteiger partial charge in [0.2, 0.25) is 0 Å². The minimum Gasteiger partial charge on any atom is -0.508 e. The van der Waals surface area contributed by atoms with Crippen LogP contribution in [-0.4, -0.2) is 16.4 Å². The maximum atomic E-state index is 9.09. The molecule has 0 spiro atoms. The molecule has 1 aromatic carbocycles. The van der Waals surface area contributed by atoms with Crippen LogP contribution in [0.4, 0.5) is 0 Å². The Kier molecular flexibility index (Phi) is 3.22. The van der Waals surface area contributed by atoms with Crippen LogP contribution in [0.15, 0.2) is 29.4 Å². The molecule has 0 aliphatic rings. The fraction of sp³-hybridized carbons (Fsp3) is 0. The molecule has 0 unspecified atom stereocenters. The monoisotopic (exact) mass is 195 g/mol. The van der Waals surface area contributed by atoms with E-state index in [0.717, 1.165) is 5.56 Å². The van der Waals surface area contributed by atoms with Gasteiger partial charge in [0, 0.05) is 0 Å². The van der Waals surface area contributed by atoms with E-state index in [2.05, 4.69) is 22.7 Å². The van der Waals surface area contributed by atoms with Gasteiger partial charge in [0.25, 0.3) is 0 Å². The second-order valence-electron chi connectivity index (χ2n) is 2.33. The van der Waals surface area contributed by atoms with Crippen molar-refractivity contribution in [2.24, 2.45) is 10.8 Å². The van der Waals surface area contributed by atoms with Gasteiger partial charge in [-0.1, -0.05) is 12.1 Å². The van der Waals surface area contributed by atoms with Crippen molar-refractivity contribution >= 4 is 23.5 Å². The second kappa shape index (κ2) is 4.42. The molecule has 0 fully saturated rings. The van der Waals surface area contributed by atoms with Gasteiger partial charge in [0.1, 0.15) is 5.75 Å². The zero-order valence-electron chi connectivity index (χ0n) is 6.77. The van der Waals surface area contributed by atoms with Crippen LogP contribution in [0.3, 0.4) is 0 Å². The van der Waals surface area contributed by atoms with Crippen molar-refractivity contribution in [1.82, 2.24) is 5.43 Å². The van der Waals surface area contributed by atoms with E-state index in [9.17, 15) is 0 Å². The van der Waals surface area contributed by atoms with Crippen molar-refractivity contribution in [3.05, 3.63) is 29.8 Å². The van der Waals surface area contributed by atoms with Crippen molar-refractivity contribution in [3.8, 4) is 5.75 Å². The van der Waals surface area contributed by atoms with Crippen LogP contribution in [-0.2, 0) is 0 Å². The summed E-state index contributed by atoms with van der Waals surface area (Å²) in [7, 11) is 0. The first-order valence-corrected chi connectivity index (χ1v) is 3.97. The van der Waals surface area contributed by atoms with Crippen molar-refractivity contribution in [2.75, 3.05) is 0 Å². The lowest BCUT2D eigenvalue weighted by Gasteiger charge is -1.95. The van der Waals surface area contributed by atoms with Gasteiger partial charge in [0.15, 0.2) is 5.11 Å². The minimum absolute atomic E-state index is 0.108. The molecule has 0 amide bonds. The quantitative estimate of drug-likeness (QED) is 0.366. The molecular formula is C8H9N3OS. The molecule has 4 N–H and O–H groups in total. The molecule has 0 heterocycles. The number of hydrogen-bond acceptors (Lipinski definition) is 3. The first-order valence-electron chi connectivity index (χ1n) is 3.56. The molecule has 0 aliphatic carbocycles. The number of nitrogens with one attached hydrogen (secondary N) is 1. The number of nitrogens with two attached hydrogens (primary N) is 1. The average molecular weight is 195 g/mol. The topological polar surface area (TPSA) is 70.6 Å². The van der Waals surface area contributed by atoms with Gasteiger partial charge >= 0.3 is 0 Å². The van der Waals surface area contributed by atoms with Gasteiger partial charge in [-0.25, -0.2) is 0 Å². The number of benzene rings is 1. The summed E-state index contributed by atoms with van der Waals surface area (Å²) in [5, 5.41) is 12.9. The summed E-state index contributed by atoms with van der Waals surface area (Å²) >= 11 is 4.54. The summed E-state index contributed by atoms with van der Waals surface area (Å²) in [6, 6.07) is 6.67. The van der Waals surface area contributed by atoms with E-state index in [1.165, 1.54) is 6.21 Å². The van der Waals surface area contributed by atoms with Gasteiger partial charge in [-0.05, 0) is 29.9 Å². The summed E-state index contributed by atoms with van der Waals surface area (Å²) in [5.41, 5.74) is 8.32. The second-order valence-corrected chi connectivity index (χ2v) is 2.77. The Labute approximate surface area is 81.1 Å². The zero-order valence-corrected chi connectivity index (χ0v) is 7.58. The smallest absolute Gasteiger partial charge is 0.184 e. The first-order chi connectivity index (χ1) is 6.18. The van der Waals surface area contributed by atoms with Crippen LogP contribution in [0.25, 0.3) is 0 Å². The highest BCUT2D eigenvalue weighted by Gasteiger charge is 1.89. The van der Waals surface area contributed by atoms with Gasteiger partial charge < -0.3 is 10.8 Å². The largest absolute Gasteiger partial charge is 0.508 e. The fourth-order valence-electron chi connectivity index (χ4n) is 0.776. The summed E-state index contributed by atoms with van der Waals surface area (Å²) in [5.74, 6) is 0.194. The highest BCUT2D eigenvalue weighted by molar-refractivity contribution is 7.80. The van der Waals surface area contributed by atoms with Crippen molar-refractivity contribution < 1.29 is 5.11 Å². The van der Waals surface area contributed by atoms with Crippen LogP contribution in [0.2, 0.25) is 0 Å². The third-order valence-electron chi connectivity index (χ3n) is 1.26. The number of phenolic OH excluding ortho intramolecular Hbond substituents is 1. The molecule has 0 aliphatic heterocycles. The Hall–Kier alpha value is -1.62. The zero-order chi connectivity index (χ0) is 9.68. The van der Waals surface area contributed by atoms with Crippen LogP contribution in [0, 0.1) is 0 Å². The van der Waals surface area contributed by atoms with E-state index in [4.69, 9.17) is 10.8 Å². The molecule has 0 atom stereocenters. The summed E-state index contributed by atoms with van der Waals surface area (Å²) in [4.78, 5) is 0. The number of hydrogen-bond donors (Lipinski definition) is 3. The Balaban J connectivity index is 2.63. The summed E-state index contributed by atoms with van der Waals surface area (Å²) in [6.07, 6.45) is 1.51.